The normalized spacial score (nSPS) is 14.8. The maximum atomic E-state index is 5.39. The van der Waals surface area contributed by atoms with Crippen LogP contribution in [0.1, 0.15) is 33.6 Å². The van der Waals surface area contributed by atoms with Crippen LogP contribution in [0.4, 0.5) is 0 Å². The van der Waals surface area contributed by atoms with Gasteiger partial charge < -0.3 is 9.47 Å². The van der Waals surface area contributed by atoms with Gasteiger partial charge in [-0.2, -0.15) is 0 Å². The van der Waals surface area contributed by atoms with E-state index in [0.717, 1.165) is 31.0 Å². The van der Waals surface area contributed by atoms with Gasteiger partial charge in [0.1, 0.15) is 5.76 Å². The van der Waals surface area contributed by atoms with Crippen LogP contribution >= 0.6 is 0 Å². The molecule has 0 N–H and O–H groups in total. The van der Waals surface area contributed by atoms with E-state index >= 15 is 0 Å². The van der Waals surface area contributed by atoms with E-state index in [0.29, 0.717) is 0 Å². The zero-order valence-corrected chi connectivity index (χ0v) is 9.09. The minimum absolute atomic E-state index is 0.718. The van der Waals surface area contributed by atoms with E-state index in [-0.39, 0.29) is 0 Å². The van der Waals surface area contributed by atoms with E-state index < -0.39 is 0 Å². The molecule has 0 saturated heterocycles. The Morgan fingerprint density at radius 2 is 2.08 bits per heavy atom. The molecular formula is C11H20O2. The third-order valence-electron chi connectivity index (χ3n) is 1.62. The molecule has 0 unspecified atom stereocenters. The molecule has 0 atom stereocenters. The maximum Gasteiger partial charge on any atom is 0.156 e. The zero-order chi connectivity index (χ0) is 10.1. The van der Waals surface area contributed by atoms with Crippen molar-refractivity contribution in [3.05, 3.63) is 23.7 Å². The molecule has 1 rings (SSSR count). The van der Waals surface area contributed by atoms with Gasteiger partial charge in [0.05, 0.1) is 13.7 Å². The molecule has 0 aliphatic heterocycles. The number of ether oxygens (including phenoxy) is 2. The summed E-state index contributed by atoms with van der Waals surface area (Å²) in [6.45, 7) is 6.70. The average Bonchev–Trinajstić information content (AvgIpc) is 2.22. The quantitative estimate of drug-likeness (QED) is 0.670. The van der Waals surface area contributed by atoms with Crippen molar-refractivity contribution in [1.29, 1.82) is 0 Å². The largest absolute Gasteiger partial charge is 0.494 e. The van der Waals surface area contributed by atoms with Crippen LogP contribution in [0, 0.1) is 0 Å². The van der Waals surface area contributed by atoms with Crippen LogP contribution in [0.15, 0.2) is 23.7 Å². The molecule has 0 amide bonds. The summed E-state index contributed by atoms with van der Waals surface area (Å²) in [6.07, 6.45) is 6.09. The smallest absolute Gasteiger partial charge is 0.156 e. The number of allylic oxidation sites excluding steroid dienone is 3. The van der Waals surface area contributed by atoms with E-state index in [4.69, 9.17) is 9.47 Å². The highest BCUT2D eigenvalue weighted by Crippen LogP contribution is 2.19. The molecule has 0 bridgehead atoms. The Hall–Kier alpha value is -0.920. The number of hydrogen-bond acceptors (Lipinski definition) is 2. The van der Waals surface area contributed by atoms with E-state index in [9.17, 15) is 0 Å². The van der Waals surface area contributed by atoms with Crippen LogP contribution in [0.2, 0.25) is 0 Å². The van der Waals surface area contributed by atoms with Crippen LogP contribution in [-0.4, -0.2) is 13.7 Å². The van der Waals surface area contributed by atoms with Crippen molar-refractivity contribution in [3.63, 3.8) is 0 Å². The highest BCUT2D eigenvalue weighted by molar-refractivity contribution is 5.20. The van der Waals surface area contributed by atoms with E-state index in [1.165, 1.54) is 0 Å². The van der Waals surface area contributed by atoms with Crippen molar-refractivity contribution in [1.82, 2.24) is 0 Å². The van der Waals surface area contributed by atoms with Crippen molar-refractivity contribution in [3.8, 4) is 0 Å². The molecule has 0 aromatic carbocycles. The summed E-state index contributed by atoms with van der Waals surface area (Å²) in [5, 5.41) is 0. The summed E-state index contributed by atoms with van der Waals surface area (Å²) in [5.41, 5.74) is 0. The minimum atomic E-state index is 0.718. The zero-order valence-electron chi connectivity index (χ0n) is 9.09. The standard InChI is InChI=1S/C9H14O2.C2H6/c1-3-11-9-7-5-4-6-8(9)10-2;1-2/h4,6H,3,5,7H2,1-2H3;1-2H3. The number of methoxy groups -OCH3 is 1. The molecule has 2 nitrogen and oxygen atoms in total. The Morgan fingerprint density at radius 3 is 2.62 bits per heavy atom. The molecular weight excluding hydrogens is 164 g/mol. The predicted molar refractivity (Wildman–Crippen MR) is 55.4 cm³/mol. The van der Waals surface area contributed by atoms with Gasteiger partial charge in [-0.05, 0) is 19.4 Å². The van der Waals surface area contributed by atoms with Crippen LogP contribution in [0.3, 0.4) is 0 Å². The number of rotatable bonds is 3. The topological polar surface area (TPSA) is 18.5 Å². The lowest BCUT2D eigenvalue weighted by Gasteiger charge is -2.14. The molecule has 0 radical (unpaired) electrons. The molecule has 0 saturated carbocycles. The Kier molecular flexibility index (Phi) is 7.17. The highest BCUT2D eigenvalue weighted by atomic mass is 16.5. The van der Waals surface area contributed by atoms with Gasteiger partial charge in [-0.1, -0.05) is 19.9 Å². The molecule has 2 heteroatoms. The van der Waals surface area contributed by atoms with Crippen molar-refractivity contribution >= 4 is 0 Å². The fraction of sp³-hybridized carbons (Fsp3) is 0.636. The summed E-state index contributed by atoms with van der Waals surface area (Å²) in [6, 6.07) is 0. The Balaban J connectivity index is 0.000000671. The monoisotopic (exact) mass is 184 g/mol. The lowest BCUT2D eigenvalue weighted by atomic mass is 10.1. The molecule has 76 valence electrons. The van der Waals surface area contributed by atoms with Crippen LogP contribution in [0.5, 0.6) is 0 Å². The van der Waals surface area contributed by atoms with Gasteiger partial charge in [0.15, 0.2) is 5.76 Å². The van der Waals surface area contributed by atoms with Crippen molar-refractivity contribution in [2.75, 3.05) is 13.7 Å². The molecule has 0 aromatic heterocycles. The van der Waals surface area contributed by atoms with Crippen molar-refractivity contribution < 1.29 is 9.47 Å². The molecule has 13 heavy (non-hydrogen) atoms. The molecule has 0 fully saturated rings. The molecule has 0 spiro atoms. The molecule has 0 heterocycles. The molecule has 1 aliphatic rings. The SMILES string of the molecule is CC.CCOC1=C(OC)C=CCC1. The van der Waals surface area contributed by atoms with Gasteiger partial charge >= 0.3 is 0 Å². The highest BCUT2D eigenvalue weighted by Gasteiger charge is 2.08. The molecule has 0 aromatic rings. The van der Waals surface area contributed by atoms with Gasteiger partial charge in [-0.3, -0.25) is 0 Å². The third-order valence-corrected chi connectivity index (χ3v) is 1.62. The van der Waals surface area contributed by atoms with Gasteiger partial charge in [0, 0.05) is 6.42 Å². The first-order chi connectivity index (χ1) is 6.38. The fourth-order valence-electron chi connectivity index (χ4n) is 1.12. The Labute approximate surface area is 81.2 Å². The van der Waals surface area contributed by atoms with Gasteiger partial charge in [-0.25, -0.2) is 0 Å². The second-order valence-electron chi connectivity index (χ2n) is 2.37. The first-order valence-corrected chi connectivity index (χ1v) is 4.95. The number of hydrogen-bond donors (Lipinski definition) is 0. The second kappa shape index (κ2) is 7.71. The van der Waals surface area contributed by atoms with Gasteiger partial charge in [-0.15, -0.1) is 0 Å². The maximum absolute atomic E-state index is 5.39. The Morgan fingerprint density at radius 1 is 1.38 bits per heavy atom. The van der Waals surface area contributed by atoms with Crippen LogP contribution in [-0.2, 0) is 9.47 Å². The summed E-state index contributed by atoms with van der Waals surface area (Å²) in [7, 11) is 1.67. The van der Waals surface area contributed by atoms with E-state index in [1.807, 2.05) is 26.8 Å². The summed E-state index contributed by atoms with van der Waals surface area (Å²) in [4.78, 5) is 0. The summed E-state index contributed by atoms with van der Waals surface area (Å²) >= 11 is 0. The molecule has 1 aliphatic carbocycles. The average molecular weight is 184 g/mol. The lowest BCUT2D eigenvalue weighted by molar-refractivity contribution is 0.182. The predicted octanol–water partition coefficient (Wildman–Crippen LogP) is 3.26. The third kappa shape index (κ3) is 4.02. The first kappa shape index (κ1) is 12.1. The Bertz CT molecular complexity index is 181. The van der Waals surface area contributed by atoms with Crippen LogP contribution in [0.25, 0.3) is 0 Å². The summed E-state index contributed by atoms with van der Waals surface area (Å²) in [5.74, 6) is 1.86. The lowest BCUT2D eigenvalue weighted by Crippen LogP contribution is -2.00. The van der Waals surface area contributed by atoms with Gasteiger partial charge in [0.25, 0.3) is 0 Å². The van der Waals surface area contributed by atoms with E-state index in [2.05, 4.69) is 6.08 Å². The van der Waals surface area contributed by atoms with Crippen molar-refractivity contribution in [2.45, 2.75) is 33.6 Å². The second-order valence-corrected chi connectivity index (χ2v) is 2.37. The fourth-order valence-corrected chi connectivity index (χ4v) is 1.12. The minimum Gasteiger partial charge on any atom is -0.494 e. The van der Waals surface area contributed by atoms with E-state index in [1.54, 1.807) is 7.11 Å². The van der Waals surface area contributed by atoms with Crippen molar-refractivity contribution in [2.24, 2.45) is 0 Å². The summed E-state index contributed by atoms with van der Waals surface area (Å²) < 4.78 is 10.5. The van der Waals surface area contributed by atoms with Crippen LogP contribution < -0.4 is 0 Å². The van der Waals surface area contributed by atoms with Gasteiger partial charge in [0.2, 0.25) is 0 Å². The first-order valence-electron chi connectivity index (χ1n) is 4.95.